The number of halogens is 1. The second-order valence-corrected chi connectivity index (χ2v) is 4.20. The van der Waals surface area contributed by atoms with Crippen LogP contribution in [0.1, 0.15) is 9.80 Å². The first-order valence-electron chi connectivity index (χ1n) is 4.06. The number of hydrogen-bond donors (Lipinski definition) is 1. The molecule has 1 heterocycles. The Kier molecular flexibility index (Phi) is 2.66. The summed E-state index contributed by atoms with van der Waals surface area (Å²) < 4.78 is 0. The lowest BCUT2D eigenvalue weighted by Crippen LogP contribution is -2.10. The Morgan fingerprint density at radius 2 is 2.20 bits per heavy atom. The van der Waals surface area contributed by atoms with Crippen LogP contribution in [0.25, 0.3) is 10.6 Å². The van der Waals surface area contributed by atoms with E-state index in [-0.39, 0.29) is 5.01 Å². The van der Waals surface area contributed by atoms with E-state index in [1.807, 2.05) is 12.1 Å². The monoisotopic (exact) mass is 239 g/mol. The maximum Gasteiger partial charge on any atom is 0.279 e. The van der Waals surface area contributed by atoms with Crippen LogP contribution in [-0.4, -0.2) is 16.1 Å². The van der Waals surface area contributed by atoms with Gasteiger partial charge in [0.25, 0.3) is 5.91 Å². The topological polar surface area (TPSA) is 68.9 Å². The molecule has 4 nitrogen and oxygen atoms in total. The van der Waals surface area contributed by atoms with Crippen LogP contribution in [0.4, 0.5) is 0 Å². The maximum absolute atomic E-state index is 10.8. The number of hydrogen-bond acceptors (Lipinski definition) is 4. The van der Waals surface area contributed by atoms with E-state index < -0.39 is 5.91 Å². The van der Waals surface area contributed by atoms with Crippen LogP contribution >= 0.6 is 22.9 Å². The molecule has 76 valence electrons. The van der Waals surface area contributed by atoms with E-state index >= 15 is 0 Å². The second kappa shape index (κ2) is 3.96. The summed E-state index contributed by atoms with van der Waals surface area (Å²) in [4.78, 5) is 10.8. The number of nitrogens with zero attached hydrogens (tertiary/aromatic N) is 2. The highest BCUT2D eigenvalue weighted by molar-refractivity contribution is 7.16. The molecule has 2 aromatic rings. The Hall–Kier alpha value is -1.46. The molecule has 0 fully saturated rings. The molecule has 0 unspecified atom stereocenters. The van der Waals surface area contributed by atoms with Gasteiger partial charge >= 0.3 is 0 Å². The van der Waals surface area contributed by atoms with Gasteiger partial charge in [0, 0.05) is 10.6 Å². The Bertz CT molecular complexity index is 512. The SMILES string of the molecule is NC(=O)c1nnc(-c2cccc(Cl)c2)s1. The Balaban J connectivity index is 2.41. The van der Waals surface area contributed by atoms with Gasteiger partial charge < -0.3 is 5.73 Å². The van der Waals surface area contributed by atoms with Crippen LogP contribution in [0.3, 0.4) is 0 Å². The second-order valence-electron chi connectivity index (χ2n) is 2.79. The predicted octanol–water partition coefficient (Wildman–Crippen LogP) is 1.96. The average Bonchev–Trinajstić information content (AvgIpc) is 2.66. The van der Waals surface area contributed by atoms with E-state index in [0.717, 1.165) is 16.9 Å². The summed E-state index contributed by atoms with van der Waals surface area (Å²) in [5.74, 6) is -0.569. The maximum atomic E-state index is 10.8. The van der Waals surface area contributed by atoms with Crippen molar-refractivity contribution >= 4 is 28.8 Å². The molecule has 0 atom stereocenters. The number of nitrogens with two attached hydrogens (primary N) is 1. The van der Waals surface area contributed by atoms with Crippen molar-refractivity contribution in [2.75, 3.05) is 0 Å². The Labute approximate surface area is 94.7 Å². The summed E-state index contributed by atoms with van der Waals surface area (Å²) in [5.41, 5.74) is 5.90. The fourth-order valence-electron chi connectivity index (χ4n) is 1.06. The highest BCUT2D eigenvalue weighted by atomic mass is 35.5. The molecule has 0 saturated heterocycles. The number of aromatic nitrogens is 2. The van der Waals surface area contributed by atoms with Gasteiger partial charge in [-0.15, -0.1) is 10.2 Å². The number of rotatable bonds is 2. The van der Waals surface area contributed by atoms with Crippen molar-refractivity contribution in [1.29, 1.82) is 0 Å². The molecule has 0 aliphatic heterocycles. The van der Waals surface area contributed by atoms with E-state index in [4.69, 9.17) is 17.3 Å². The van der Waals surface area contributed by atoms with Crippen LogP contribution in [0.15, 0.2) is 24.3 Å². The molecule has 2 N–H and O–H groups in total. The highest BCUT2D eigenvalue weighted by Crippen LogP contribution is 2.25. The lowest BCUT2D eigenvalue weighted by molar-refractivity contribution is 0.0999. The van der Waals surface area contributed by atoms with Gasteiger partial charge in [0.15, 0.2) is 0 Å². The molecule has 0 aliphatic carbocycles. The first kappa shape index (κ1) is 10.1. The number of amides is 1. The zero-order valence-electron chi connectivity index (χ0n) is 7.48. The molecule has 0 saturated carbocycles. The van der Waals surface area contributed by atoms with Gasteiger partial charge in [0.2, 0.25) is 5.01 Å². The van der Waals surface area contributed by atoms with Crippen molar-refractivity contribution in [2.24, 2.45) is 5.73 Å². The summed E-state index contributed by atoms with van der Waals surface area (Å²) >= 11 is 6.98. The number of primary amides is 1. The predicted molar refractivity (Wildman–Crippen MR) is 58.9 cm³/mol. The van der Waals surface area contributed by atoms with E-state index in [2.05, 4.69) is 10.2 Å². The molecule has 0 spiro atoms. The average molecular weight is 240 g/mol. The first-order valence-corrected chi connectivity index (χ1v) is 5.25. The minimum atomic E-state index is -0.569. The molecule has 0 aliphatic rings. The van der Waals surface area contributed by atoms with Gasteiger partial charge in [0.1, 0.15) is 5.01 Å². The van der Waals surface area contributed by atoms with Gasteiger partial charge in [-0.1, -0.05) is 35.1 Å². The van der Waals surface area contributed by atoms with Crippen molar-refractivity contribution in [3.63, 3.8) is 0 Å². The molecular weight excluding hydrogens is 234 g/mol. The van der Waals surface area contributed by atoms with Crippen LogP contribution < -0.4 is 5.73 Å². The van der Waals surface area contributed by atoms with Crippen molar-refractivity contribution < 1.29 is 4.79 Å². The highest BCUT2D eigenvalue weighted by Gasteiger charge is 2.10. The Morgan fingerprint density at radius 1 is 1.40 bits per heavy atom. The minimum absolute atomic E-state index is 0.199. The molecule has 0 bridgehead atoms. The lowest BCUT2D eigenvalue weighted by atomic mass is 10.2. The number of carbonyl (C=O) groups is 1. The van der Waals surface area contributed by atoms with Crippen LogP contribution in [0, 0.1) is 0 Å². The van der Waals surface area contributed by atoms with Gasteiger partial charge in [-0.3, -0.25) is 4.79 Å². The van der Waals surface area contributed by atoms with Crippen molar-refractivity contribution in [1.82, 2.24) is 10.2 Å². The molecular formula is C9H6ClN3OS. The standard InChI is InChI=1S/C9H6ClN3OS/c10-6-3-1-2-5(4-6)8-12-13-9(15-8)7(11)14/h1-4H,(H2,11,14). The minimum Gasteiger partial charge on any atom is -0.363 e. The summed E-state index contributed by atoms with van der Waals surface area (Å²) in [6, 6.07) is 7.17. The zero-order valence-corrected chi connectivity index (χ0v) is 9.05. The van der Waals surface area contributed by atoms with Crippen molar-refractivity contribution in [3.8, 4) is 10.6 Å². The third-order valence-electron chi connectivity index (χ3n) is 1.71. The third kappa shape index (κ3) is 2.14. The molecule has 2 rings (SSSR count). The number of carbonyl (C=O) groups excluding carboxylic acids is 1. The summed E-state index contributed by atoms with van der Waals surface area (Å²) in [6.45, 7) is 0. The molecule has 6 heteroatoms. The van der Waals surface area contributed by atoms with Crippen molar-refractivity contribution in [2.45, 2.75) is 0 Å². The molecule has 1 aromatic carbocycles. The van der Waals surface area contributed by atoms with E-state index in [1.165, 1.54) is 0 Å². The molecule has 1 aromatic heterocycles. The van der Waals surface area contributed by atoms with E-state index in [1.54, 1.807) is 12.1 Å². The molecule has 0 radical (unpaired) electrons. The van der Waals surface area contributed by atoms with Crippen LogP contribution in [0.5, 0.6) is 0 Å². The van der Waals surface area contributed by atoms with E-state index in [9.17, 15) is 4.79 Å². The number of benzene rings is 1. The van der Waals surface area contributed by atoms with Gasteiger partial charge in [-0.2, -0.15) is 0 Å². The van der Waals surface area contributed by atoms with Crippen molar-refractivity contribution in [3.05, 3.63) is 34.3 Å². The van der Waals surface area contributed by atoms with Crippen LogP contribution in [0.2, 0.25) is 5.02 Å². The quantitative estimate of drug-likeness (QED) is 0.871. The fourth-order valence-corrected chi connectivity index (χ4v) is 1.94. The van der Waals surface area contributed by atoms with Gasteiger partial charge in [0.05, 0.1) is 0 Å². The first-order chi connectivity index (χ1) is 7.16. The largest absolute Gasteiger partial charge is 0.363 e. The summed E-state index contributed by atoms with van der Waals surface area (Å²) in [7, 11) is 0. The zero-order chi connectivity index (χ0) is 10.8. The molecule has 1 amide bonds. The third-order valence-corrected chi connectivity index (χ3v) is 2.93. The normalized spacial score (nSPS) is 10.2. The van der Waals surface area contributed by atoms with E-state index in [0.29, 0.717) is 10.0 Å². The van der Waals surface area contributed by atoms with Crippen LogP contribution in [-0.2, 0) is 0 Å². The summed E-state index contributed by atoms with van der Waals surface area (Å²) in [6.07, 6.45) is 0. The fraction of sp³-hybridized carbons (Fsp3) is 0. The summed E-state index contributed by atoms with van der Waals surface area (Å²) in [5, 5.41) is 8.97. The lowest BCUT2D eigenvalue weighted by Gasteiger charge is -1.94. The van der Waals surface area contributed by atoms with Gasteiger partial charge in [-0.25, -0.2) is 0 Å². The smallest absolute Gasteiger partial charge is 0.279 e. The Morgan fingerprint density at radius 3 is 2.80 bits per heavy atom. The van der Waals surface area contributed by atoms with Gasteiger partial charge in [-0.05, 0) is 12.1 Å². The molecule has 15 heavy (non-hydrogen) atoms.